The first-order valence-corrected chi connectivity index (χ1v) is 22.4. The van der Waals surface area contributed by atoms with Gasteiger partial charge in [0.15, 0.2) is 0 Å². The Morgan fingerprint density at radius 2 is 1.41 bits per heavy atom. The SMILES string of the molecule is CN1CCN(C2c3ccc(Cl)cc3CCc3cc(Br)cnc32)C[C@@H]1C(=O)N(CCCc1cn(C(c2ccccc2)(c2ccccc2)c2ccccc2)cn1)Cc1ccccc1. The van der Waals surface area contributed by atoms with E-state index in [-0.39, 0.29) is 18.0 Å². The first kappa shape index (κ1) is 41.0. The Kier molecular flexibility index (Phi) is 12.3. The average Bonchev–Trinajstić information content (AvgIpc) is 3.71. The first-order valence-electron chi connectivity index (χ1n) is 21.3. The second kappa shape index (κ2) is 18.3. The fourth-order valence-corrected chi connectivity index (χ4v) is 10.1. The molecule has 7 nitrogen and oxygen atoms in total. The molecule has 1 aliphatic carbocycles. The summed E-state index contributed by atoms with van der Waals surface area (Å²) in [5.41, 5.74) is 9.72. The van der Waals surface area contributed by atoms with Gasteiger partial charge in [-0.25, -0.2) is 4.98 Å². The van der Waals surface area contributed by atoms with E-state index in [9.17, 15) is 0 Å². The zero-order chi connectivity index (χ0) is 41.8. The Morgan fingerprint density at radius 3 is 2.07 bits per heavy atom. The molecule has 1 fully saturated rings. The topological polar surface area (TPSA) is 57.5 Å². The van der Waals surface area contributed by atoms with Crippen molar-refractivity contribution >= 4 is 33.4 Å². The van der Waals surface area contributed by atoms with Crippen molar-refractivity contribution in [3.8, 4) is 0 Å². The molecule has 9 heteroatoms. The normalized spacial score (nSPS) is 17.0. The second-order valence-electron chi connectivity index (χ2n) is 16.4. The lowest BCUT2D eigenvalue weighted by Crippen LogP contribution is -2.59. The molecule has 1 saturated heterocycles. The molecule has 7 aromatic rings. The van der Waals surface area contributed by atoms with Gasteiger partial charge in [-0.2, -0.15) is 0 Å². The van der Waals surface area contributed by atoms with Crippen molar-refractivity contribution in [3.63, 3.8) is 0 Å². The van der Waals surface area contributed by atoms with Crippen LogP contribution in [0, 0.1) is 0 Å². The van der Waals surface area contributed by atoms with Crippen molar-refractivity contribution in [2.45, 2.75) is 49.9 Å². The monoisotopic (exact) mass is 888 g/mol. The number of likely N-dealkylation sites (N-methyl/N-ethyl adjacent to an activating group) is 1. The quantitative estimate of drug-likeness (QED) is 0.114. The van der Waals surface area contributed by atoms with Crippen LogP contribution >= 0.6 is 27.5 Å². The summed E-state index contributed by atoms with van der Waals surface area (Å²) in [5, 5.41) is 0.746. The summed E-state index contributed by atoms with van der Waals surface area (Å²) < 4.78 is 3.25. The van der Waals surface area contributed by atoms with E-state index in [0.29, 0.717) is 19.6 Å². The zero-order valence-electron chi connectivity index (χ0n) is 34.5. The predicted molar refractivity (Wildman–Crippen MR) is 248 cm³/mol. The Labute approximate surface area is 372 Å². The van der Waals surface area contributed by atoms with E-state index in [0.717, 1.165) is 81.9 Å². The molecule has 308 valence electrons. The first-order chi connectivity index (χ1) is 29.9. The van der Waals surface area contributed by atoms with Crippen molar-refractivity contribution in [1.82, 2.24) is 29.2 Å². The molecule has 61 heavy (non-hydrogen) atoms. The summed E-state index contributed by atoms with van der Waals surface area (Å²) in [7, 11) is 2.09. The van der Waals surface area contributed by atoms with E-state index in [1.807, 2.05) is 24.7 Å². The summed E-state index contributed by atoms with van der Waals surface area (Å²) in [4.78, 5) is 31.9. The number of pyridine rings is 1. The van der Waals surface area contributed by atoms with Crippen molar-refractivity contribution in [2.24, 2.45) is 0 Å². The van der Waals surface area contributed by atoms with Gasteiger partial charge >= 0.3 is 0 Å². The molecule has 2 aromatic heterocycles. The predicted octanol–water partition coefficient (Wildman–Crippen LogP) is 10.00. The molecule has 0 N–H and O–H groups in total. The number of aryl methyl sites for hydroxylation is 3. The van der Waals surface area contributed by atoms with E-state index in [4.69, 9.17) is 21.6 Å². The van der Waals surface area contributed by atoms with Crippen LogP contribution < -0.4 is 0 Å². The Balaban J connectivity index is 0.990. The summed E-state index contributed by atoms with van der Waals surface area (Å²) in [6, 6.07) is 50.5. The maximum absolute atomic E-state index is 15.0. The number of hydrogen-bond acceptors (Lipinski definition) is 5. The van der Waals surface area contributed by atoms with E-state index >= 15 is 4.79 Å². The van der Waals surface area contributed by atoms with Crippen LogP contribution in [0.2, 0.25) is 5.02 Å². The molecule has 9 rings (SSSR count). The molecular weight excluding hydrogens is 840 g/mol. The molecule has 0 radical (unpaired) electrons. The van der Waals surface area contributed by atoms with Gasteiger partial charge in [0.1, 0.15) is 11.6 Å². The van der Waals surface area contributed by atoms with Crippen molar-refractivity contribution in [2.75, 3.05) is 33.2 Å². The largest absolute Gasteiger partial charge is 0.337 e. The minimum Gasteiger partial charge on any atom is -0.337 e. The summed E-state index contributed by atoms with van der Waals surface area (Å²) >= 11 is 10.2. The number of halogens is 2. The van der Waals surface area contributed by atoms with Crippen LogP contribution in [0.4, 0.5) is 0 Å². The highest BCUT2D eigenvalue weighted by Crippen LogP contribution is 2.41. The van der Waals surface area contributed by atoms with Crippen LogP contribution in [0.5, 0.6) is 0 Å². The van der Waals surface area contributed by atoms with Gasteiger partial charge in [-0.3, -0.25) is 19.6 Å². The molecule has 0 spiro atoms. The molecule has 1 unspecified atom stereocenters. The standard InChI is InChI=1S/C52H50BrClN6O/c1-57-29-30-58(50-47-27-26-45(54)32-39(47)24-25-40-31-44(53)33-55-49(40)50)36-48(57)51(61)59(34-38-15-6-2-7-16-38)28-14-23-46-35-60(37-56-46)52(41-17-8-3-9-18-41,42-19-10-4-11-20-42)43-21-12-5-13-22-43/h2-13,15-22,26-27,31-33,35,37,48,50H,14,23-25,28-30,34,36H2,1H3/t48-,50?/m1/s1. The number of hydrogen-bond donors (Lipinski definition) is 0. The lowest BCUT2D eigenvalue weighted by Gasteiger charge is -2.44. The average molecular weight is 890 g/mol. The fraction of sp³-hybridized carbons (Fsp3) is 0.250. The van der Waals surface area contributed by atoms with E-state index < -0.39 is 5.54 Å². The summed E-state index contributed by atoms with van der Waals surface area (Å²) in [6.45, 7) is 3.33. The molecule has 3 heterocycles. The third kappa shape index (κ3) is 8.47. The van der Waals surface area contributed by atoms with Gasteiger partial charge in [0.05, 0.1) is 23.8 Å². The number of benzene rings is 5. The van der Waals surface area contributed by atoms with Gasteiger partial charge < -0.3 is 9.47 Å². The van der Waals surface area contributed by atoms with Gasteiger partial charge in [-0.05, 0) is 106 Å². The van der Waals surface area contributed by atoms with Gasteiger partial charge in [-0.1, -0.05) is 139 Å². The molecule has 2 aliphatic rings. The minimum atomic E-state index is -0.627. The molecule has 0 saturated carbocycles. The zero-order valence-corrected chi connectivity index (χ0v) is 36.8. The fourth-order valence-electron chi connectivity index (χ4n) is 9.57. The van der Waals surface area contributed by atoms with Crippen molar-refractivity contribution in [3.05, 3.63) is 224 Å². The Hall–Kier alpha value is -5.38. The van der Waals surface area contributed by atoms with Gasteiger partial charge in [0.25, 0.3) is 0 Å². The van der Waals surface area contributed by atoms with Crippen molar-refractivity contribution in [1.29, 1.82) is 0 Å². The third-order valence-corrected chi connectivity index (χ3v) is 13.3. The summed E-state index contributed by atoms with van der Waals surface area (Å²) in [6.07, 6.45) is 9.36. The molecule has 0 bridgehead atoms. The van der Waals surface area contributed by atoms with Crippen LogP contribution in [-0.4, -0.2) is 74.4 Å². The van der Waals surface area contributed by atoms with Crippen LogP contribution in [0.3, 0.4) is 0 Å². The highest BCUT2D eigenvalue weighted by Gasteiger charge is 2.40. The van der Waals surface area contributed by atoms with E-state index in [1.165, 1.54) is 16.7 Å². The number of piperazine rings is 1. The highest BCUT2D eigenvalue weighted by molar-refractivity contribution is 9.10. The number of carbonyl (C=O) groups is 1. The van der Waals surface area contributed by atoms with Gasteiger partial charge in [0.2, 0.25) is 5.91 Å². The maximum Gasteiger partial charge on any atom is 0.241 e. The maximum atomic E-state index is 15.0. The molecule has 2 atom stereocenters. The highest BCUT2D eigenvalue weighted by atomic mass is 79.9. The van der Waals surface area contributed by atoms with Gasteiger partial charge in [-0.15, -0.1) is 0 Å². The Bertz CT molecular complexity index is 2420. The van der Waals surface area contributed by atoms with Gasteiger partial charge in [0, 0.05) is 54.6 Å². The third-order valence-electron chi connectivity index (χ3n) is 12.6. The van der Waals surface area contributed by atoms with Crippen LogP contribution in [0.1, 0.15) is 62.8 Å². The molecule has 1 amide bonds. The lowest BCUT2D eigenvalue weighted by molar-refractivity contribution is -0.140. The van der Waals surface area contributed by atoms with E-state index in [1.54, 1.807) is 0 Å². The molecular formula is C52H50BrClN6O. The summed E-state index contributed by atoms with van der Waals surface area (Å²) in [5.74, 6) is 0.145. The van der Waals surface area contributed by atoms with E-state index in [2.05, 4.69) is 182 Å². The van der Waals surface area contributed by atoms with Crippen LogP contribution in [0.15, 0.2) is 169 Å². The number of amides is 1. The van der Waals surface area contributed by atoms with Crippen LogP contribution in [0.25, 0.3) is 0 Å². The Morgan fingerprint density at radius 1 is 0.787 bits per heavy atom. The number of nitrogens with zero attached hydrogens (tertiary/aromatic N) is 6. The molecule has 5 aromatic carbocycles. The number of carbonyl (C=O) groups excluding carboxylic acids is 1. The lowest BCUT2D eigenvalue weighted by atomic mass is 9.77. The minimum absolute atomic E-state index is 0.0747. The van der Waals surface area contributed by atoms with Crippen LogP contribution in [-0.2, 0) is 36.1 Å². The number of fused-ring (bicyclic) bond motifs is 2. The molecule has 1 aliphatic heterocycles. The number of aromatic nitrogens is 3. The van der Waals surface area contributed by atoms with Crippen molar-refractivity contribution < 1.29 is 4.79 Å². The second-order valence-corrected chi connectivity index (χ2v) is 17.7. The number of rotatable bonds is 12. The smallest absolute Gasteiger partial charge is 0.241 e. The number of imidazole rings is 1.